The number of aromatic nitrogens is 2. The fraction of sp³-hybridized carbons (Fsp3) is 0. The van der Waals surface area contributed by atoms with Gasteiger partial charge in [-0.3, -0.25) is 0 Å². The summed E-state index contributed by atoms with van der Waals surface area (Å²) in [5.41, 5.74) is 6.30. The van der Waals surface area contributed by atoms with Crippen molar-refractivity contribution < 1.29 is 0 Å². The molecule has 0 radical (unpaired) electrons. The highest BCUT2D eigenvalue weighted by atomic mass is 35.5. The lowest BCUT2D eigenvalue weighted by atomic mass is 10.5. The van der Waals surface area contributed by atoms with E-state index in [1.807, 2.05) is 11.4 Å². The predicted molar refractivity (Wildman–Crippen MR) is 59.1 cm³/mol. The van der Waals surface area contributed by atoms with Crippen molar-refractivity contribution in [1.82, 2.24) is 9.97 Å². The SMILES string of the molecule is Nc1ccnc(Nc2ccsc2Cl)n1. The Morgan fingerprint density at radius 3 is 2.93 bits per heavy atom. The summed E-state index contributed by atoms with van der Waals surface area (Å²) in [6.45, 7) is 0. The highest BCUT2D eigenvalue weighted by Gasteiger charge is 2.03. The van der Waals surface area contributed by atoms with E-state index in [9.17, 15) is 0 Å². The molecule has 14 heavy (non-hydrogen) atoms. The van der Waals surface area contributed by atoms with Gasteiger partial charge in [-0.2, -0.15) is 4.98 Å². The summed E-state index contributed by atoms with van der Waals surface area (Å²) < 4.78 is 0.677. The normalized spacial score (nSPS) is 10.1. The zero-order valence-electron chi connectivity index (χ0n) is 7.07. The lowest BCUT2D eigenvalue weighted by Crippen LogP contribution is -1.98. The molecule has 2 heterocycles. The van der Waals surface area contributed by atoms with Crippen LogP contribution in [0, 0.1) is 0 Å². The van der Waals surface area contributed by atoms with Crippen LogP contribution in [0.25, 0.3) is 0 Å². The maximum absolute atomic E-state index is 5.90. The lowest BCUT2D eigenvalue weighted by molar-refractivity contribution is 1.18. The molecule has 0 aliphatic carbocycles. The van der Waals surface area contributed by atoms with Gasteiger partial charge in [0.15, 0.2) is 0 Å². The third kappa shape index (κ3) is 1.94. The summed E-state index contributed by atoms with van der Waals surface area (Å²) in [7, 11) is 0. The molecule has 0 aromatic carbocycles. The van der Waals surface area contributed by atoms with Crippen LogP contribution in [0.3, 0.4) is 0 Å². The molecule has 0 unspecified atom stereocenters. The van der Waals surface area contributed by atoms with E-state index in [0.717, 1.165) is 5.69 Å². The van der Waals surface area contributed by atoms with Crippen LogP contribution in [-0.4, -0.2) is 9.97 Å². The van der Waals surface area contributed by atoms with Crippen LogP contribution in [0.15, 0.2) is 23.7 Å². The Balaban J connectivity index is 2.23. The van der Waals surface area contributed by atoms with Crippen LogP contribution in [0.1, 0.15) is 0 Å². The van der Waals surface area contributed by atoms with Crippen molar-refractivity contribution in [2.45, 2.75) is 0 Å². The summed E-state index contributed by atoms with van der Waals surface area (Å²) in [4.78, 5) is 7.99. The quantitative estimate of drug-likeness (QED) is 0.826. The lowest BCUT2D eigenvalue weighted by Gasteiger charge is -2.02. The molecule has 6 heteroatoms. The highest BCUT2D eigenvalue weighted by Crippen LogP contribution is 2.29. The first-order chi connectivity index (χ1) is 6.75. The maximum Gasteiger partial charge on any atom is 0.229 e. The average Bonchev–Trinajstić information content (AvgIpc) is 2.52. The van der Waals surface area contributed by atoms with Crippen molar-refractivity contribution in [2.75, 3.05) is 11.1 Å². The molecule has 0 atom stereocenters. The van der Waals surface area contributed by atoms with E-state index in [2.05, 4.69) is 15.3 Å². The van der Waals surface area contributed by atoms with E-state index in [1.165, 1.54) is 11.3 Å². The van der Waals surface area contributed by atoms with Gasteiger partial charge in [0, 0.05) is 6.20 Å². The van der Waals surface area contributed by atoms with Crippen molar-refractivity contribution in [2.24, 2.45) is 0 Å². The minimum atomic E-state index is 0.425. The van der Waals surface area contributed by atoms with Gasteiger partial charge in [0.1, 0.15) is 10.2 Å². The van der Waals surface area contributed by atoms with Crippen molar-refractivity contribution in [3.8, 4) is 0 Å². The van der Waals surface area contributed by atoms with E-state index in [0.29, 0.717) is 16.1 Å². The Morgan fingerprint density at radius 2 is 2.29 bits per heavy atom. The standard InChI is InChI=1S/C8H7ClN4S/c9-7-5(2-4-14-7)12-8-11-3-1-6(10)13-8/h1-4H,(H3,10,11,12,13). The number of hydrogen-bond acceptors (Lipinski definition) is 5. The molecule has 0 spiro atoms. The topological polar surface area (TPSA) is 63.8 Å². The molecule has 0 aliphatic rings. The molecule has 0 bridgehead atoms. The van der Waals surface area contributed by atoms with Crippen molar-refractivity contribution in [3.05, 3.63) is 28.0 Å². The highest BCUT2D eigenvalue weighted by molar-refractivity contribution is 7.15. The average molecular weight is 227 g/mol. The second-order valence-electron chi connectivity index (χ2n) is 2.54. The zero-order valence-corrected chi connectivity index (χ0v) is 8.64. The number of anilines is 3. The molecule has 4 nitrogen and oxygen atoms in total. The molecule has 2 rings (SSSR count). The molecule has 3 N–H and O–H groups in total. The predicted octanol–water partition coefficient (Wildman–Crippen LogP) is 2.52. The molecule has 0 amide bonds. The Bertz CT molecular complexity index is 442. The second kappa shape index (κ2) is 3.81. The van der Waals surface area contributed by atoms with Gasteiger partial charge >= 0.3 is 0 Å². The third-order valence-electron chi connectivity index (χ3n) is 1.54. The Hall–Kier alpha value is -1.33. The molecule has 0 fully saturated rings. The first-order valence-corrected chi connectivity index (χ1v) is 5.10. The largest absolute Gasteiger partial charge is 0.384 e. The number of nitrogens with one attached hydrogen (secondary N) is 1. The Kier molecular flexibility index (Phi) is 2.51. The van der Waals surface area contributed by atoms with Crippen LogP contribution in [0.5, 0.6) is 0 Å². The monoisotopic (exact) mass is 226 g/mol. The van der Waals surface area contributed by atoms with Gasteiger partial charge in [-0.25, -0.2) is 4.98 Å². The summed E-state index contributed by atoms with van der Waals surface area (Å²) in [5, 5.41) is 4.86. The number of thiophene rings is 1. The van der Waals surface area contributed by atoms with Gasteiger partial charge in [0.05, 0.1) is 5.69 Å². The zero-order chi connectivity index (χ0) is 9.97. The molecule has 0 saturated heterocycles. The number of halogens is 1. The van der Waals surface area contributed by atoms with E-state index in [1.54, 1.807) is 12.3 Å². The number of nitrogen functional groups attached to an aromatic ring is 1. The summed E-state index contributed by atoms with van der Waals surface area (Å²) in [5.74, 6) is 0.874. The smallest absolute Gasteiger partial charge is 0.229 e. The van der Waals surface area contributed by atoms with Crippen LogP contribution in [0.4, 0.5) is 17.5 Å². The van der Waals surface area contributed by atoms with E-state index in [-0.39, 0.29) is 0 Å². The summed E-state index contributed by atoms with van der Waals surface area (Å²) in [6, 6.07) is 3.49. The molecule has 72 valence electrons. The van der Waals surface area contributed by atoms with Crippen molar-refractivity contribution in [3.63, 3.8) is 0 Å². The fourth-order valence-corrected chi connectivity index (χ4v) is 1.77. The van der Waals surface area contributed by atoms with Crippen LogP contribution < -0.4 is 11.1 Å². The number of nitrogens with two attached hydrogens (primary N) is 1. The third-order valence-corrected chi connectivity index (χ3v) is 2.71. The molecule has 0 saturated carbocycles. The van der Waals surface area contributed by atoms with Gasteiger partial charge in [-0.1, -0.05) is 11.6 Å². The van der Waals surface area contributed by atoms with Crippen LogP contribution in [0.2, 0.25) is 4.34 Å². The maximum atomic E-state index is 5.90. The molecular formula is C8H7ClN4S. The van der Waals surface area contributed by atoms with Crippen molar-refractivity contribution >= 4 is 40.4 Å². The van der Waals surface area contributed by atoms with E-state index < -0.39 is 0 Å². The minimum absolute atomic E-state index is 0.425. The Labute approximate surface area is 89.8 Å². The molecule has 2 aromatic heterocycles. The van der Waals surface area contributed by atoms with Gasteiger partial charge < -0.3 is 11.1 Å². The first kappa shape index (κ1) is 9.23. The number of rotatable bonds is 2. The molecule has 0 aliphatic heterocycles. The minimum Gasteiger partial charge on any atom is -0.384 e. The summed E-state index contributed by atoms with van der Waals surface area (Å²) >= 11 is 7.34. The molecule has 2 aromatic rings. The Morgan fingerprint density at radius 1 is 1.43 bits per heavy atom. The summed E-state index contributed by atoms with van der Waals surface area (Å²) in [6.07, 6.45) is 1.59. The van der Waals surface area contributed by atoms with E-state index >= 15 is 0 Å². The van der Waals surface area contributed by atoms with Gasteiger partial charge in [0.2, 0.25) is 5.95 Å². The van der Waals surface area contributed by atoms with Crippen LogP contribution >= 0.6 is 22.9 Å². The first-order valence-electron chi connectivity index (χ1n) is 3.84. The van der Waals surface area contributed by atoms with Gasteiger partial charge in [-0.15, -0.1) is 11.3 Å². The van der Waals surface area contributed by atoms with Crippen LogP contribution in [-0.2, 0) is 0 Å². The van der Waals surface area contributed by atoms with Gasteiger partial charge in [-0.05, 0) is 17.5 Å². The number of hydrogen-bond donors (Lipinski definition) is 2. The molecular weight excluding hydrogens is 220 g/mol. The van der Waals surface area contributed by atoms with Gasteiger partial charge in [0.25, 0.3) is 0 Å². The second-order valence-corrected chi connectivity index (χ2v) is 4.06. The van der Waals surface area contributed by atoms with Crippen molar-refractivity contribution in [1.29, 1.82) is 0 Å². The fourth-order valence-electron chi connectivity index (χ4n) is 0.935. The van der Waals surface area contributed by atoms with E-state index in [4.69, 9.17) is 17.3 Å². The number of nitrogens with zero attached hydrogens (tertiary/aromatic N) is 2.